The average Bonchev–Trinajstić information content (AvgIpc) is 1.62. The molecule has 24 nitrogen and oxygen atoms in total. The molecular formula is C83H58Br3Cl2N11O13S12. The molecule has 0 aliphatic carbocycles. The van der Waals surface area contributed by atoms with Gasteiger partial charge in [0.1, 0.15) is 17.3 Å². The Kier molecular flexibility index (Phi) is 38.8. The van der Waals surface area contributed by atoms with Gasteiger partial charge in [0.25, 0.3) is 63.0 Å². The van der Waals surface area contributed by atoms with Gasteiger partial charge in [-0.1, -0.05) is 266 Å². The molecule has 0 spiro atoms. The number of rotatable bonds is 11. The number of carbonyl (C=O) groups is 12. The summed E-state index contributed by atoms with van der Waals surface area (Å²) in [6, 6.07) is 54.4. The second-order valence-electron chi connectivity index (χ2n) is 24.4. The van der Waals surface area contributed by atoms with E-state index in [-0.39, 0.29) is 75.9 Å². The Bertz CT molecular complexity index is 5820. The van der Waals surface area contributed by atoms with Crippen molar-refractivity contribution in [1.82, 2.24) is 45.9 Å². The molecule has 0 unspecified atom stereocenters. The molecule has 6 aromatic carbocycles. The first-order valence-electron chi connectivity index (χ1n) is 35.0. The number of carbonyl (C=O) groups excluding carboxylic acids is 11. The molecular weight excluding hydrogens is 2050 g/mol. The first kappa shape index (κ1) is 98.4. The summed E-state index contributed by atoms with van der Waals surface area (Å²) in [4.78, 5) is 155. The largest absolute Gasteiger partial charge is 0.481 e. The van der Waals surface area contributed by atoms with Crippen LogP contribution in [0.25, 0.3) is 48.6 Å². The number of carboxylic acid groups (broad SMARTS) is 1. The van der Waals surface area contributed by atoms with Gasteiger partial charge < -0.3 is 16.2 Å². The number of aliphatic carboxylic acids is 1. The quantitative estimate of drug-likeness (QED) is 0.0398. The molecule has 630 valence electrons. The summed E-state index contributed by atoms with van der Waals surface area (Å²) in [6.45, 7) is 0.117. The van der Waals surface area contributed by atoms with Crippen LogP contribution in [-0.4, -0.2) is 142 Å². The third-order valence-electron chi connectivity index (χ3n) is 15.5. The van der Waals surface area contributed by atoms with Crippen molar-refractivity contribution in [2.75, 3.05) is 20.6 Å². The van der Waals surface area contributed by atoms with E-state index >= 15 is 0 Å². The maximum atomic E-state index is 12.1. The summed E-state index contributed by atoms with van der Waals surface area (Å²) in [5.74, 6) is -2.66. The first-order chi connectivity index (χ1) is 59.2. The number of thiocarbonyl (C=S) groups is 4. The number of nitrogens with two attached hydrogens (primary N) is 1. The predicted octanol–water partition coefficient (Wildman–Crippen LogP) is 19.6. The zero-order valence-corrected chi connectivity index (χ0v) is 79.5. The summed E-state index contributed by atoms with van der Waals surface area (Å²) in [7, 11) is 3.38. The van der Waals surface area contributed by atoms with Gasteiger partial charge in [-0.2, -0.15) is 4.99 Å². The normalized spacial score (nSPS) is 18.3. The minimum absolute atomic E-state index is 0.0196. The number of nitrogens with one attached hydrogen (secondary N) is 4. The highest BCUT2D eigenvalue weighted by molar-refractivity contribution is 9.11. The van der Waals surface area contributed by atoms with Crippen LogP contribution in [0.3, 0.4) is 0 Å². The Morgan fingerprint density at radius 2 is 0.798 bits per heavy atom. The summed E-state index contributed by atoms with van der Waals surface area (Å²) < 4.78 is 4.54. The molecule has 10 heterocycles. The van der Waals surface area contributed by atoms with Crippen LogP contribution >= 0.6 is 214 Å². The molecule has 7 saturated heterocycles. The van der Waals surface area contributed by atoms with E-state index in [4.69, 9.17) is 82.9 Å². The van der Waals surface area contributed by atoms with Crippen LogP contribution in [0.4, 0.5) is 14.4 Å². The molecule has 7 N–H and O–H groups in total. The number of benzene rings is 6. The van der Waals surface area contributed by atoms with E-state index in [0.29, 0.717) is 71.7 Å². The number of nitrogens with zero attached hydrogens (tertiary/aromatic N) is 6. The van der Waals surface area contributed by atoms with Crippen LogP contribution in [0.1, 0.15) is 50.9 Å². The summed E-state index contributed by atoms with van der Waals surface area (Å²) in [6.07, 6.45) is 20.5. The van der Waals surface area contributed by atoms with E-state index in [2.05, 4.69) is 84.0 Å². The number of thioether (sulfide) groups is 8. The number of hydrogen-bond donors (Lipinski definition) is 6. The van der Waals surface area contributed by atoms with Gasteiger partial charge in [0.2, 0.25) is 0 Å². The number of carboxylic acids is 1. The van der Waals surface area contributed by atoms with Crippen LogP contribution < -0.4 is 27.0 Å². The fraction of sp³-hybridized carbons (Fsp3) is 0.0482. The monoisotopic (exact) mass is 2110 g/mol. The van der Waals surface area contributed by atoms with E-state index < -0.39 is 5.97 Å². The standard InChI is InChI=1S/C13H11NO3S2.C11H8ClNOS2.C11H9NOS2.C10H4Br2ClNO2S.C10H6BrNO2S.C10H8N2OS.C9H6N2O2S.C9H6N2OS2/c15-11(16)6-7-14-12(17)10(19-13(14)18)8-9-4-2-1-3-5-9;1-13-10(14)9(16-11(13)15)6-7-2-4-8(12)5-3-7;1-12-10(13)9(15-11(12)14)7-8-5-3-2-4-6-8;11-5-3-7(13)6(12)1-4(5)2-8-9(15)14-10(16)17-8;11-7-3-1-2-6(4-7)5-8-9(13)12-10(14)15-8;11-10-12-9(13)8(14-10)6-7-4-2-1-3-5-7;2*12-8-7(14-9(13)11-8)5-6-1-3-10-4-2-6/h1-5,8H,6-7H2,(H,15,16);2-6H,1H3;2-7H,1H3;1-3H,(H,14,15,16);1-5H,(H,12,13,14);1-6H,(H2,11,12,13);2*1-5H,(H,11,12,13)/b10-8-;9-6-;9-7-;8-2-;8-5-;8-6-;2*7-5-. The lowest BCUT2D eigenvalue weighted by molar-refractivity contribution is -0.137. The highest BCUT2D eigenvalue weighted by atomic mass is 79.9. The number of amidine groups is 1. The molecule has 0 radical (unpaired) electrons. The lowest BCUT2D eigenvalue weighted by Crippen LogP contribution is -2.30. The van der Waals surface area contributed by atoms with E-state index in [1.165, 1.54) is 73.5 Å². The van der Waals surface area contributed by atoms with Crippen LogP contribution in [0, 0.1) is 0 Å². The van der Waals surface area contributed by atoms with Gasteiger partial charge in [-0.05, 0) is 217 Å². The van der Waals surface area contributed by atoms with Crippen molar-refractivity contribution in [3.05, 3.63) is 308 Å². The molecule has 41 heteroatoms. The second-order valence-corrected chi connectivity index (χ2v) is 38.7. The molecule has 2 aromatic heterocycles. The Balaban J connectivity index is 0.000000161. The third-order valence-corrected chi connectivity index (χ3v) is 26.9. The number of aliphatic imine (C=N–C) groups is 1. The molecule has 7 fully saturated rings. The molecule has 0 atom stereocenters. The molecule has 16 rings (SSSR count). The summed E-state index contributed by atoms with van der Waals surface area (Å²) in [5, 5.41) is 18.4. The van der Waals surface area contributed by atoms with Crippen LogP contribution in [0.2, 0.25) is 10.0 Å². The molecule has 124 heavy (non-hydrogen) atoms. The molecule has 0 bridgehead atoms. The van der Waals surface area contributed by atoms with E-state index in [9.17, 15) is 57.5 Å². The number of hydrogen-bond acceptors (Lipinski definition) is 27. The molecule has 0 saturated carbocycles. The third kappa shape index (κ3) is 31.3. The van der Waals surface area contributed by atoms with Gasteiger partial charge in [-0.25, -0.2) is 0 Å². The minimum atomic E-state index is -0.943. The SMILES string of the molecule is CN1C(=O)/C(=C/c2ccc(Cl)cc2)SC1=S.CN1C(=O)/C(=C/c2ccccc2)SC1=S.NC1=NC(=O)/C(=C/c2ccccc2)S1.O=C(O)CCN1C(=O)/C(=C/c2ccccc2)SC1=S.O=C1NC(=O)/C(=C/c2cc(Br)c(Cl)cc2Br)S1.O=C1NC(=O)/C(=C/c2cccc(Br)c2)S1.O=C1NC(=O)/C(=C/c2ccncc2)S1.O=C1NC(=S)S/C1=C\c1ccncc1. The average molecular weight is 2110 g/mol. The lowest BCUT2D eigenvalue weighted by Gasteiger charge is -2.12. The predicted molar refractivity (Wildman–Crippen MR) is 530 cm³/mol. The molecule has 8 aromatic rings. The second kappa shape index (κ2) is 48.9. The lowest BCUT2D eigenvalue weighted by atomic mass is 10.2. The van der Waals surface area contributed by atoms with Crippen molar-refractivity contribution in [2.24, 2.45) is 10.7 Å². The van der Waals surface area contributed by atoms with Crippen molar-refractivity contribution >= 4 is 354 Å². The highest BCUT2D eigenvalue weighted by Gasteiger charge is 2.34. The van der Waals surface area contributed by atoms with Crippen molar-refractivity contribution in [1.29, 1.82) is 0 Å². The number of amides is 11. The molecule has 11 amide bonds. The summed E-state index contributed by atoms with van der Waals surface area (Å²) >= 11 is 50.8. The zero-order valence-electron chi connectivity index (χ0n) is 63.5. The molecule has 8 aliphatic rings. The maximum absolute atomic E-state index is 12.1. The van der Waals surface area contributed by atoms with Crippen molar-refractivity contribution in [2.45, 2.75) is 6.42 Å². The Labute approximate surface area is 799 Å². The fourth-order valence-corrected chi connectivity index (χ4v) is 18.8. The Morgan fingerprint density at radius 3 is 1.19 bits per heavy atom. The number of imide groups is 3. The smallest absolute Gasteiger partial charge is 0.305 e. The topological polar surface area (TPSA) is 347 Å². The van der Waals surface area contributed by atoms with Crippen LogP contribution in [0.15, 0.2) is 258 Å². The van der Waals surface area contributed by atoms with Crippen LogP contribution in [-0.2, 0) is 43.2 Å². The molecule has 8 aliphatic heterocycles. The van der Waals surface area contributed by atoms with Crippen molar-refractivity contribution in [3.63, 3.8) is 0 Å². The summed E-state index contributed by atoms with van der Waals surface area (Å²) in [5.41, 5.74) is 12.7. The maximum Gasteiger partial charge on any atom is 0.305 e. The van der Waals surface area contributed by atoms with E-state index in [0.717, 1.165) is 93.2 Å². The van der Waals surface area contributed by atoms with Crippen molar-refractivity contribution < 1.29 is 62.6 Å². The first-order valence-corrected chi connectivity index (χ1v) is 46.3. The zero-order chi connectivity index (χ0) is 89.7. The van der Waals surface area contributed by atoms with E-state index in [1.54, 1.807) is 112 Å². The number of pyridine rings is 2. The fourth-order valence-electron chi connectivity index (χ4n) is 9.67. The van der Waals surface area contributed by atoms with Crippen molar-refractivity contribution in [3.8, 4) is 0 Å². The van der Waals surface area contributed by atoms with Gasteiger partial charge in [0, 0.05) is 63.9 Å². The van der Waals surface area contributed by atoms with Gasteiger partial charge in [-0.3, -0.25) is 98.2 Å². The van der Waals surface area contributed by atoms with Gasteiger partial charge >= 0.3 is 5.97 Å². The number of aromatic nitrogens is 2. The van der Waals surface area contributed by atoms with Gasteiger partial charge in [-0.15, -0.1) is 0 Å². The Hall–Kier alpha value is -9.37. The number of likely N-dealkylation sites (N-methyl/N-ethyl adjacent to an activating group) is 2. The minimum Gasteiger partial charge on any atom is -0.481 e. The van der Waals surface area contributed by atoms with Crippen LogP contribution in [0.5, 0.6) is 0 Å². The van der Waals surface area contributed by atoms with Gasteiger partial charge in [0.15, 0.2) is 5.17 Å². The highest BCUT2D eigenvalue weighted by Crippen LogP contribution is 2.38. The van der Waals surface area contributed by atoms with E-state index in [1.807, 2.05) is 152 Å². The Morgan fingerprint density at radius 1 is 0.419 bits per heavy atom. The van der Waals surface area contributed by atoms with Gasteiger partial charge in [0.05, 0.1) is 50.7 Å². The number of halogens is 5.